The molecule has 0 radical (unpaired) electrons. The molecule has 0 bridgehead atoms. The first-order chi connectivity index (χ1) is 5.76. The first kappa shape index (κ1) is 7.60. The van der Waals surface area contributed by atoms with Crippen LogP contribution in [0.4, 0.5) is 0 Å². The summed E-state index contributed by atoms with van der Waals surface area (Å²) in [6, 6.07) is 8.69. The summed E-state index contributed by atoms with van der Waals surface area (Å²) in [5, 5.41) is 0. The van der Waals surface area contributed by atoms with Gasteiger partial charge in [0.2, 0.25) is 0 Å². The highest BCUT2D eigenvalue weighted by Gasteiger charge is 2.30. The number of allylic oxidation sites excluding steroid dienone is 1. The molecule has 0 aromatic heterocycles. The highest BCUT2D eigenvalue weighted by atomic mass is 14.3. The number of fused-ring (bicyclic) bond motifs is 1. The molecule has 1 unspecified atom stereocenters. The Bertz CT molecular complexity index is 312. The molecule has 0 fully saturated rings. The van der Waals surface area contributed by atoms with Crippen LogP contribution in [0.3, 0.4) is 0 Å². The molecule has 0 N–H and O–H groups in total. The van der Waals surface area contributed by atoms with Crippen LogP contribution >= 0.6 is 0 Å². The number of hydrogen-bond acceptors (Lipinski definition) is 0. The van der Waals surface area contributed by atoms with Gasteiger partial charge in [-0.3, -0.25) is 0 Å². The van der Waals surface area contributed by atoms with Crippen molar-refractivity contribution in [2.75, 3.05) is 0 Å². The number of aryl methyl sites for hydroxylation is 1. The lowest BCUT2D eigenvalue weighted by atomic mass is 9.84. The van der Waals surface area contributed by atoms with E-state index in [0.717, 1.165) is 0 Å². The maximum Gasteiger partial charge on any atom is 0.0107 e. The molecule has 0 spiro atoms. The summed E-state index contributed by atoms with van der Waals surface area (Å²) in [6.07, 6.45) is 4.51. The van der Waals surface area contributed by atoms with Crippen LogP contribution in [0, 0.1) is 0 Å². The highest BCUT2D eigenvalue weighted by Crippen LogP contribution is 2.38. The Morgan fingerprint density at radius 1 is 1.42 bits per heavy atom. The molecule has 1 aliphatic carbocycles. The minimum absolute atomic E-state index is 0.233. The standard InChI is InChI=1S/C12H14/c1-3-12(2)9-8-10-6-4-5-7-11(10)12/h3-7H,1,8-9H2,2H3. The van der Waals surface area contributed by atoms with Gasteiger partial charge in [0.15, 0.2) is 0 Å². The molecule has 0 heteroatoms. The van der Waals surface area contributed by atoms with Gasteiger partial charge in [-0.1, -0.05) is 37.3 Å². The van der Waals surface area contributed by atoms with Crippen molar-refractivity contribution in [2.24, 2.45) is 0 Å². The van der Waals surface area contributed by atoms with Gasteiger partial charge < -0.3 is 0 Å². The normalized spacial score (nSPS) is 26.8. The average Bonchev–Trinajstić information content (AvgIpc) is 2.46. The second-order valence-electron chi connectivity index (χ2n) is 3.78. The Morgan fingerprint density at radius 3 is 2.92 bits per heavy atom. The molecule has 1 aromatic carbocycles. The van der Waals surface area contributed by atoms with E-state index >= 15 is 0 Å². The first-order valence-electron chi connectivity index (χ1n) is 4.48. The number of rotatable bonds is 1. The zero-order chi connectivity index (χ0) is 8.60. The average molecular weight is 158 g/mol. The molecule has 2 rings (SSSR count). The van der Waals surface area contributed by atoms with Crippen molar-refractivity contribution in [2.45, 2.75) is 25.2 Å². The lowest BCUT2D eigenvalue weighted by molar-refractivity contribution is 0.590. The minimum atomic E-state index is 0.233. The predicted octanol–water partition coefficient (Wildman–Crippen LogP) is 3.08. The highest BCUT2D eigenvalue weighted by molar-refractivity contribution is 5.41. The van der Waals surface area contributed by atoms with Crippen LogP contribution in [-0.2, 0) is 11.8 Å². The van der Waals surface area contributed by atoms with Crippen LogP contribution < -0.4 is 0 Å². The van der Waals surface area contributed by atoms with Crippen molar-refractivity contribution in [3.05, 3.63) is 48.0 Å². The van der Waals surface area contributed by atoms with Crippen LogP contribution in [0.15, 0.2) is 36.9 Å². The molecular formula is C12H14. The van der Waals surface area contributed by atoms with E-state index in [-0.39, 0.29) is 5.41 Å². The van der Waals surface area contributed by atoms with Crippen molar-refractivity contribution in [1.82, 2.24) is 0 Å². The van der Waals surface area contributed by atoms with Gasteiger partial charge in [0.05, 0.1) is 0 Å². The molecule has 62 valence electrons. The molecular weight excluding hydrogens is 144 g/mol. The van der Waals surface area contributed by atoms with Crippen molar-refractivity contribution >= 4 is 0 Å². The van der Waals surface area contributed by atoms with E-state index < -0.39 is 0 Å². The van der Waals surface area contributed by atoms with Crippen molar-refractivity contribution in [3.8, 4) is 0 Å². The third-order valence-corrected chi connectivity index (χ3v) is 3.00. The molecule has 0 aliphatic heterocycles. The Morgan fingerprint density at radius 2 is 2.17 bits per heavy atom. The summed E-state index contributed by atoms with van der Waals surface area (Å²) in [7, 11) is 0. The lowest BCUT2D eigenvalue weighted by Gasteiger charge is -2.19. The molecule has 0 heterocycles. The largest absolute Gasteiger partial charge is 0.102 e. The van der Waals surface area contributed by atoms with Crippen LogP contribution in [0.5, 0.6) is 0 Å². The van der Waals surface area contributed by atoms with Crippen molar-refractivity contribution < 1.29 is 0 Å². The fraction of sp³-hybridized carbons (Fsp3) is 0.333. The first-order valence-corrected chi connectivity index (χ1v) is 4.48. The SMILES string of the molecule is C=CC1(C)CCc2ccccc21. The zero-order valence-electron chi connectivity index (χ0n) is 7.51. The van der Waals surface area contributed by atoms with Gasteiger partial charge in [-0.25, -0.2) is 0 Å². The Kier molecular flexibility index (Phi) is 1.57. The van der Waals surface area contributed by atoms with E-state index in [0.29, 0.717) is 0 Å². The summed E-state index contributed by atoms with van der Waals surface area (Å²) in [4.78, 5) is 0. The van der Waals surface area contributed by atoms with Crippen LogP contribution in [0.2, 0.25) is 0 Å². The van der Waals surface area contributed by atoms with Crippen molar-refractivity contribution in [3.63, 3.8) is 0 Å². The van der Waals surface area contributed by atoms with Crippen LogP contribution in [0.25, 0.3) is 0 Å². The molecule has 0 saturated heterocycles. The zero-order valence-corrected chi connectivity index (χ0v) is 7.51. The summed E-state index contributed by atoms with van der Waals surface area (Å²) < 4.78 is 0. The molecule has 1 aromatic rings. The lowest BCUT2D eigenvalue weighted by Crippen LogP contribution is -2.13. The van der Waals surface area contributed by atoms with E-state index in [1.54, 1.807) is 0 Å². The monoisotopic (exact) mass is 158 g/mol. The van der Waals surface area contributed by atoms with Crippen molar-refractivity contribution in [1.29, 1.82) is 0 Å². The van der Waals surface area contributed by atoms with Gasteiger partial charge >= 0.3 is 0 Å². The van der Waals surface area contributed by atoms with Gasteiger partial charge in [-0.05, 0) is 24.0 Å². The Hall–Kier alpha value is -1.04. The molecule has 0 saturated carbocycles. The maximum atomic E-state index is 3.91. The summed E-state index contributed by atoms with van der Waals surface area (Å²) in [5.74, 6) is 0. The van der Waals surface area contributed by atoms with Gasteiger partial charge in [0, 0.05) is 5.41 Å². The fourth-order valence-electron chi connectivity index (χ4n) is 2.04. The number of hydrogen-bond donors (Lipinski definition) is 0. The summed E-state index contributed by atoms with van der Waals surface area (Å²) in [5.41, 5.74) is 3.20. The third-order valence-electron chi connectivity index (χ3n) is 3.00. The van der Waals surface area contributed by atoms with E-state index in [9.17, 15) is 0 Å². The predicted molar refractivity (Wildman–Crippen MR) is 52.3 cm³/mol. The van der Waals surface area contributed by atoms with E-state index in [2.05, 4.69) is 43.8 Å². The maximum absolute atomic E-state index is 3.91. The van der Waals surface area contributed by atoms with Gasteiger partial charge in [-0.2, -0.15) is 0 Å². The third kappa shape index (κ3) is 0.911. The Balaban J connectivity index is 2.56. The van der Waals surface area contributed by atoms with E-state index in [1.807, 2.05) is 0 Å². The molecule has 0 nitrogen and oxygen atoms in total. The smallest absolute Gasteiger partial charge is 0.0107 e. The van der Waals surface area contributed by atoms with Gasteiger partial charge in [-0.15, -0.1) is 6.58 Å². The molecule has 1 atom stereocenters. The summed E-state index contributed by atoms with van der Waals surface area (Å²) >= 11 is 0. The molecule has 1 aliphatic rings. The van der Waals surface area contributed by atoms with Crippen LogP contribution in [0.1, 0.15) is 24.5 Å². The summed E-state index contributed by atoms with van der Waals surface area (Å²) in [6.45, 7) is 6.18. The molecule has 12 heavy (non-hydrogen) atoms. The Labute approximate surface area is 73.9 Å². The van der Waals surface area contributed by atoms with Gasteiger partial charge in [0.1, 0.15) is 0 Å². The van der Waals surface area contributed by atoms with E-state index in [4.69, 9.17) is 0 Å². The van der Waals surface area contributed by atoms with Gasteiger partial charge in [0.25, 0.3) is 0 Å². The number of benzene rings is 1. The molecule has 0 amide bonds. The van der Waals surface area contributed by atoms with Crippen LogP contribution in [-0.4, -0.2) is 0 Å². The second-order valence-corrected chi connectivity index (χ2v) is 3.78. The second kappa shape index (κ2) is 2.48. The quantitative estimate of drug-likeness (QED) is 0.551. The van der Waals surface area contributed by atoms with E-state index in [1.165, 1.54) is 24.0 Å². The topological polar surface area (TPSA) is 0 Å². The fourth-order valence-corrected chi connectivity index (χ4v) is 2.04. The minimum Gasteiger partial charge on any atom is -0.102 e.